The van der Waals surface area contributed by atoms with E-state index >= 15 is 0 Å². The van der Waals surface area contributed by atoms with Crippen LogP contribution < -0.4 is 5.73 Å². The van der Waals surface area contributed by atoms with E-state index in [1.165, 1.54) is 0 Å². The molecule has 0 heterocycles. The standard InChI is InChI=1S/C5H14NO4P/c6-5-10-11(8)9-4-2-1-3-7/h7,11H,1-6H2. The Morgan fingerprint density at radius 3 is 2.64 bits per heavy atom. The number of aliphatic hydroxyl groups is 1. The summed E-state index contributed by atoms with van der Waals surface area (Å²) in [6.45, 7) is 0.387. The van der Waals surface area contributed by atoms with Crippen LogP contribution >= 0.6 is 8.25 Å². The third kappa shape index (κ3) is 7.97. The average molecular weight is 183 g/mol. The van der Waals surface area contributed by atoms with E-state index in [9.17, 15) is 4.57 Å². The van der Waals surface area contributed by atoms with Gasteiger partial charge in [-0.15, -0.1) is 0 Å². The van der Waals surface area contributed by atoms with Crippen LogP contribution in [0.15, 0.2) is 0 Å². The molecular weight excluding hydrogens is 169 g/mol. The molecule has 1 atom stereocenters. The van der Waals surface area contributed by atoms with E-state index in [1.54, 1.807) is 0 Å². The van der Waals surface area contributed by atoms with Crippen LogP contribution in [0, 0.1) is 0 Å². The summed E-state index contributed by atoms with van der Waals surface area (Å²) in [4.78, 5) is 0. The molecule has 0 aliphatic rings. The lowest BCUT2D eigenvalue weighted by molar-refractivity contribution is 0.215. The van der Waals surface area contributed by atoms with Crippen LogP contribution in [-0.2, 0) is 13.6 Å². The molecule has 68 valence electrons. The molecule has 0 radical (unpaired) electrons. The smallest absolute Gasteiger partial charge is 0.320 e. The summed E-state index contributed by atoms with van der Waals surface area (Å²) in [5.74, 6) is 0. The Bertz CT molecular complexity index is 111. The van der Waals surface area contributed by atoms with Gasteiger partial charge in [0.1, 0.15) is 6.73 Å². The monoisotopic (exact) mass is 183 g/mol. The van der Waals surface area contributed by atoms with Crippen molar-refractivity contribution in [2.24, 2.45) is 5.73 Å². The van der Waals surface area contributed by atoms with Crippen LogP contribution in [0.1, 0.15) is 12.8 Å². The van der Waals surface area contributed by atoms with E-state index in [1.807, 2.05) is 0 Å². The summed E-state index contributed by atoms with van der Waals surface area (Å²) < 4.78 is 19.8. The fourth-order valence-corrected chi connectivity index (χ4v) is 1.01. The van der Waals surface area contributed by atoms with Crippen molar-refractivity contribution in [2.45, 2.75) is 12.8 Å². The second kappa shape index (κ2) is 8.17. The molecule has 11 heavy (non-hydrogen) atoms. The lowest BCUT2D eigenvalue weighted by Gasteiger charge is -2.01. The topological polar surface area (TPSA) is 81.8 Å². The normalized spacial score (nSPS) is 13.3. The van der Waals surface area contributed by atoms with Gasteiger partial charge in [0.05, 0.1) is 6.61 Å². The molecule has 0 saturated heterocycles. The molecule has 0 fully saturated rings. The SMILES string of the molecule is NCO[PH](=O)OCCCCO. The molecule has 3 N–H and O–H groups in total. The van der Waals surface area contributed by atoms with Crippen LogP contribution in [0.5, 0.6) is 0 Å². The number of hydrogen-bond donors (Lipinski definition) is 2. The fourth-order valence-electron chi connectivity index (χ4n) is 0.479. The Kier molecular flexibility index (Phi) is 8.22. The minimum Gasteiger partial charge on any atom is -0.396 e. The van der Waals surface area contributed by atoms with Crippen LogP contribution in [0.3, 0.4) is 0 Å². The highest BCUT2D eigenvalue weighted by molar-refractivity contribution is 7.33. The van der Waals surface area contributed by atoms with Crippen LogP contribution in [0.2, 0.25) is 0 Å². The summed E-state index contributed by atoms with van der Waals surface area (Å²) in [5, 5.41) is 8.36. The van der Waals surface area contributed by atoms with Gasteiger partial charge in [0.15, 0.2) is 0 Å². The zero-order chi connectivity index (χ0) is 8.53. The van der Waals surface area contributed by atoms with Crippen molar-refractivity contribution in [2.75, 3.05) is 19.9 Å². The molecule has 0 saturated carbocycles. The van der Waals surface area contributed by atoms with Crippen molar-refractivity contribution in [3.8, 4) is 0 Å². The predicted molar refractivity (Wildman–Crippen MR) is 41.4 cm³/mol. The highest BCUT2D eigenvalue weighted by Gasteiger charge is 1.96. The van der Waals surface area contributed by atoms with Crippen LogP contribution in [0.4, 0.5) is 0 Å². The summed E-state index contributed by atoms with van der Waals surface area (Å²) >= 11 is 0. The van der Waals surface area contributed by atoms with Gasteiger partial charge < -0.3 is 15.4 Å². The summed E-state index contributed by atoms with van der Waals surface area (Å²) in [6, 6.07) is 0. The minimum absolute atomic E-state index is 0.0855. The number of unbranched alkanes of at least 4 members (excludes halogenated alkanes) is 1. The van der Waals surface area contributed by atoms with Crippen molar-refractivity contribution >= 4 is 8.25 Å². The second-order valence-electron chi connectivity index (χ2n) is 1.84. The Labute approximate surface area is 66.4 Å². The van der Waals surface area contributed by atoms with Gasteiger partial charge in [-0.3, -0.25) is 9.09 Å². The fraction of sp³-hybridized carbons (Fsp3) is 1.00. The molecule has 0 aromatic heterocycles. The third-order valence-electron chi connectivity index (χ3n) is 0.974. The van der Waals surface area contributed by atoms with E-state index in [4.69, 9.17) is 15.4 Å². The van der Waals surface area contributed by atoms with Crippen molar-refractivity contribution in [3.05, 3.63) is 0 Å². The predicted octanol–water partition coefficient (Wildman–Crippen LogP) is 0.0980. The van der Waals surface area contributed by atoms with Gasteiger partial charge in [-0.05, 0) is 12.8 Å². The molecule has 0 aliphatic heterocycles. The Balaban J connectivity index is 3.04. The zero-order valence-corrected chi connectivity index (χ0v) is 7.28. The van der Waals surface area contributed by atoms with Gasteiger partial charge >= 0.3 is 8.25 Å². The van der Waals surface area contributed by atoms with Crippen molar-refractivity contribution < 1.29 is 18.7 Å². The van der Waals surface area contributed by atoms with Crippen molar-refractivity contribution in [1.29, 1.82) is 0 Å². The molecule has 1 unspecified atom stereocenters. The quantitative estimate of drug-likeness (QED) is 0.332. The summed E-state index contributed by atoms with van der Waals surface area (Å²) in [7, 11) is -2.38. The van der Waals surface area contributed by atoms with Gasteiger partial charge in [-0.1, -0.05) is 0 Å². The molecule has 0 aromatic carbocycles. The first-order valence-corrected chi connectivity index (χ1v) is 4.64. The van der Waals surface area contributed by atoms with E-state index in [0.29, 0.717) is 19.4 Å². The molecule has 0 spiro atoms. The van der Waals surface area contributed by atoms with E-state index in [2.05, 4.69) is 4.52 Å². The van der Waals surface area contributed by atoms with E-state index < -0.39 is 8.25 Å². The molecule has 0 bridgehead atoms. The number of nitrogens with two attached hydrogens (primary N) is 1. The zero-order valence-electron chi connectivity index (χ0n) is 6.28. The third-order valence-corrected chi connectivity index (χ3v) is 1.82. The Morgan fingerprint density at radius 2 is 2.09 bits per heavy atom. The van der Waals surface area contributed by atoms with Gasteiger partial charge in [0.25, 0.3) is 0 Å². The summed E-state index contributed by atoms with van der Waals surface area (Å²) in [5.41, 5.74) is 4.94. The van der Waals surface area contributed by atoms with Gasteiger partial charge in [0, 0.05) is 6.61 Å². The van der Waals surface area contributed by atoms with E-state index in [-0.39, 0.29) is 13.3 Å². The number of rotatable bonds is 7. The molecule has 0 aliphatic carbocycles. The molecule has 0 aromatic rings. The maximum atomic E-state index is 10.6. The molecular formula is C5H14NO4P. The Morgan fingerprint density at radius 1 is 1.36 bits per heavy atom. The maximum Gasteiger partial charge on any atom is 0.320 e. The first-order valence-electron chi connectivity index (χ1n) is 3.41. The number of aliphatic hydroxyl groups excluding tert-OH is 1. The molecule has 5 nitrogen and oxygen atoms in total. The van der Waals surface area contributed by atoms with Gasteiger partial charge in [-0.2, -0.15) is 0 Å². The molecule has 0 amide bonds. The van der Waals surface area contributed by atoms with E-state index in [0.717, 1.165) is 0 Å². The largest absolute Gasteiger partial charge is 0.396 e. The van der Waals surface area contributed by atoms with Crippen molar-refractivity contribution in [1.82, 2.24) is 0 Å². The van der Waals surface area contributed by atoms with Crippen LogP contribution in [0.25, 0.3) is 0 Å². The minimum atomic E-state index is -2.38. The lowest BCUT2D eigenvalue weighted by atomic mass is 10.3. The maximum absolute atomic E-state index is 10.6. The first-order chi connectivity index (χ1) is 5.31. The van der Waals surface area contributed by atoms with Gasteiger partial charge in [0.2, 0.25) is 0 Å². The lowest BCUT2D eigenvalue weighted by Crippen LogP contribution is -2.00. The van der Waals surface area contributed by atoms with Gasteiger partial charge in [-0.25, -0.2) is 0 Å². The molecule has 0 rings (SSSR count). The highest BCUT2D eigenvalue weighted by atomic mass is 31.1. The number of hydrogen-bond acceptors (Lipinski definition) is 5. The average Bonchev–Trinajstić information content (AvgIpc) is 1.99. The second-order valence-corrected chi connectivity index (χ2v) is 2.92. The van der Waals surface area contributed by atoms with Crippen molar-refractivity contribution in [3.63, 3.8) is 0 Å². The highest BCUT2D eigenvalue weighted by Crippen LogP contribution is 2.22. The summed E-state index contributed by atoms with van der Waals surface area (Å²) in [6.07, 6.45) is 1.33. The first kappa shape index (κ1) is 11.1. The Hall–Kier alpha value is 0.0700. The molecule has 6 heteroatoms. The van der Waals surface area contributed by atoms with Crippen LogP contribution in [-0.4, -0.2) is 25.1 Å².